The molecule has 0 saturated heterocycles. The van der Waals surface area contributed by atoms with E-state index in [4.69, 9.17) is 39.7 Å². The van der Waals surface area contributed by atoms with Crippen molar-refractivity contribution in [3.05, 3.63) is 483 Å². The highest BCUT2D eigenvalue weighted by Gasteiger charge is 2.25. The fourth-order valence-corrected chi connectivity index (χ4v) is 15.1. The van der Waals surface area contributed by atoms with Crippen LogP contribution in [0.1, 0.15) is 14.9 Å². The number of nitrogen functional groups attached to an aromatic ring is 2. The predicted molar refractivity (Wildman–Crippen MR) is 546 cm³/mol. The van der Waals surface area contributed by atoms with Gasteiger partial charge in [0.15, 0.2) is 0 Å². The molecule has 0 saturated carbocycles. The number of nitrogens with two attached hydrogens (primary N) is 2. The highest BCUT2D eigenvalue weighted by Crippen LogP contribution is 2.45. The molecule has 15 nitrogen and oxygen atoms in total. The number of hydrogen-bond acceptors (Lipinski definition) is 15. The summed E-state index contributed by atoms with van der Waals surface area (Å²) in [5.74, 6) is 1.07. The van der Waals surface area contributed by atoms with Gasteiger partial charge in [0, 0.05) is 114 Å². The minimum absolute atomic E-state index is 0. The van der Waals surface area contributed by atoms with Crippen molar-refractivity contribution in [1.29, 1.82) is 0 Å². The molecule has 16 aromatic carbocycles. The molecule has 6 bridgehead atoms. The molecule has 0 unspecified atom stereocenters. The first-order chi connectivity index (χ1) is 60.3. The minimum Gasteiger partial charge on any atom is -0.399 e. The molecule has 0 radical (unpaired) electrons. The average Bonchev–Trinajstić information content (AvgIpc) is 0.775. The monoisotopic (exact) mass is 1980 g/mol. The number of nitrogens with one attached hydrogen (secondary N) is 2. The van der Waals surface area contributed by atoms with Crippen molar-refractivity contribution in [1.82, 2.24) is 29.9 Å². The number of halogens is 6. The second-order valence-electron chi connectivity index (χ2n) is 26.8. The third-order valence-electron chi connectivity index (χ3n) is 18.1. The molecule has 0 aliphatic carbocycles. The first-order valence-corrected chi connectivity index (χ1v) is 43.0. The smallest absolute Gasteiger partial charge is 0.239 e. The van der Waals surface area contributed by atoms with Gasteiger partial charge in [0.2, 0.25) is 22.5 Å². The quantitative estimate of drug-likeness (QED) is 0.0635. The van der Waals surface area contributed by atoms with Crippen LogP contribution in [-0.4, -0.2) is 29.9 Å². The van der Waals surface area contributed by atoms with Gasteiger partial charge in [-0.15, -0.1) is 0 Å². The number of para-hydroxylation sites is 9. The van der Waals surface area contributed by atoms with Crippen LogP contribution in [0, 0.1) is 3.57 Å². The van der Waals surface area contributed by atoms with Crippen LogP contribution in [0.3, 0.4) is 0 Å². The highest BCUT2D eigenvalue weighted by molar-refractivity contribution is 14.1. The second kappa shape index (κ2) is 48.4. The van der Waals surface area contributed by atoms with Crippen LogP contribution in [0.5, 0.6) is 0 Å². The van der Waals surface area contributed by atoms with E-state index in [2.05, 4.69) is 385 Å². The molecule has 1 aliphatic heterocycles. The largest absolute Gasteiger partial charge is 0.399 e. The van der Waals surface area contributed by atoms with Crippen molar-refractivity contribution >= 4 is 214 Å². The van der Waals surface area contributed by atoms with E-state index in [1.165, 1.54) is 9.90 Å². The molecule has 622 valence electrons. The topological polar surface area (TPSA) is 170 Å². The minimum atomic E-state index is 0. The Balaban J connectivity index is 0.000000158. The van der Waals surface area contributed by atoms with Gasteiger partial charge in [-0.3, -0.25) is 9.80 Å². The number of benzene rings is 16. The van der Waals surface area contributed by atoms with Crippen LogP contribution in [0.15, 0.2) is 469 Å². The zero-order valence-corrected chi connectivity index (χ0v) is 74.6. The lowest BCUT2D eigenvalue weighted by Crippen LogP contribution is -2.20. The van der Waals surface area contributed by atoms with Crippen LogP contribution in [0.4, 0.5) is 120 Å². The van der Waals surface area contributed by atoms with E-state index in [0.29, 0.717) is 11.9 Å². The third kappa shape index (κ3) is 27.7. The van der Waals surface area contributed by atoms with E-state index in [0.717, 1.165) is 121 Å². The van der Waals surface area contributed by atoms with Crippen molar-refractivity contribution in [3.63, 3.8) is 0 Å². The number of nitrogens with zero attached hydrogens (tertiary/aromatic N) is 11. The van der Waals surface area contributed by atoms with Crippen LogP contribution in [0.25, 0.3) is 0 Å². The van der Waals surface area contributed by atoms with Crippen LogP contribution >= 0.6 is 93.6 Å². The number of rotatable bonds is 13. The zero-order valence-electron chi connectivity index (χ0n) is 66.1. The SMILES string of the molecule is Brc1cccc(I)c1.Brc1cccc(N(c2ccccc2)c2cccc(Br)c2)c1.C.C.Clc1ncnc(Cl)n1.Nc1ccccc1.Nc1ccccc1.c1ccc(N2c3cccc(c3)N(c3ccccc3)c3ncnc(n3)N(c3ccccc3)c3cccc2c3)cc1.c1ccc(Nc2cccc(N(c3ccccc3)c3cccc(Nc4ccccc4)c3)c2)cc1. The predicted octanol–water partition coefficient (Wildman–Crippen LogP) is 32.0. The van der Waals surface area contributed by atoms with E-state index in [9.17, 15) is 0 Å². The first-order valence-electron chi connectivity index (χ1n) is 38.8. The Morgan fingerprint density at radius 2 is 0.520 bits per heavy atom. The van der Waals surface area contributed by atoms with Gasteiger partial charge in [-0.2, -0.15) is 9.97 Å². The molecule has 3 heterocycles. The number of hydrogen-bond donors (Lipinski definition) is 4. The number of anilines is 21. The Kier molecular flexibility index (Phi) is 35.7. The standard InChI is InChI=1S/C33H24N6.C30H25N3.C18H13Br2N.C6H4BrI.2C6H7N.C3HCl2N3.2CH4/c1-4-12-25(13-5-1)37-28-18-10-20-30(22-28)38(26-14-6-2-7-15-26)32-34-24-35-33(36-32)39(27-16-8-3-9-17-27)31-21-11-19-29(37)23-31;1-4-12-24(13-5-1)31-26-16-10-20-29(22-26)33(28-18-8-3-9-19-28)30-21-11-17-27(23-30)32-25-14-6-2-7-15-25;19-14-6-4-10-17(12-14)21(16-8-2-1-3-9-16)18-11-5-7-15(20)13-18;7-5-2-1-3-6(8)4-5;2*7-6-4-2-1-3-5-6;4-2-6-1-7-3(5)8-2;;/h1-24H;1-23,31-32H;1-13H;1-4H;2*1-5H,7H2;1H;2*1H4. The fourth-order valence-electron chi connectivity index (χ4n) is 12.7. The average molecular weight is 1990 g/mol. The van der Waals surface area contributed by atoms with Crippen molar-refractivity contribution in [3.8, 4) is 0 Å². The Morgan fingerprint density at radius 3 is 0.832 bits per heavy atom. The van der Waals surface area contributed by atoms with Crippen LogP contribution < -0.4 is 46.6 Å². The molecule has 125 heavy (non-hydrogen) atoms. The summed E-state index contributed by atoms with van der Waals surface area (Å²) in [5.41, 5.74) is 30.1. The summed E-state index contributed by atoms with van der Waals surface area (Å²) in [5, 5.41) is 7.25. The highest BCUT2D eigenvalue weighted by atomic mass is 127. The van der Waals surface area contributed by atoms with E-state index in [1.807, 2.05) is 188 Å². The molecule has 0 atom stereocenters. The second-order valence-corrected chi connectivity index (χ2v) is 31.5. The van der Waals surface area contributed by atoms with Crippen molar-refractivity contribution < 1.29 is 0 Å². The molecule has 19 rings (SSSR count). The summed E-state index contributed by atoms with van der Waals surface area (Å²) in [6.45, 7) is 0. The molecule has 21 heteroatoms. The molecule has 6 N–H and O–H groups in total. The van der Waals surface area contributed by atoms with E-state index >= 15 is 0 Å². The van der Waals surface area contributed by atoms with E-state index in [1.54, 1.807) is 6.33 Å². The maximum atomic E-state index is 5.36. The summed E-state index contributed by atoms with van der Waals surface area (Å²) in [7, 11) is 0. The lowest BCUT2D eigenvalue weighted by molar-refractivity contribution is 0.980. The molecule has 18 aromatic rings. The van der Waals surface area contributed by atoms with Gasteiger partial charge in [-0.25, -0.2) is 19.9 Å². The fraction of sp³-hybridized carbons (Fsp3) is 0.0192. The van der Waals surface area contributed by atoms with Crippen molar-refractivity contribution in [2.75, 3.05) is 46.6 Å². The molecule has 0 spiro atoms. The molecule has 0 fully saturated rings. The Morgan fingerprint density at radius 1 is 0.256 bits per heavy atom. The number of aromatic nitrogens is 6. The van der Waals surface area contributed by atoms with Gasteiger partial charge < -0.3 is 36.8 Å². The first kappa shape index (κ1) is 92.2. The van der Waals surface area contributed by atoms with Crippen molar-refractivity contribution in [2.24, 2.45) is 0 Å². The van der Waals surface area contributed by atoms with Gasteiger partial charge in [0.05, 0.1) is 11.4 Å². The van der Waals surface area contributed by atoms with Crippen LogP contribution in [0.2, 0.25) is 10.6 Å². The normalized spacial score (nSPS) is 10.5. The number of fused-ring (bicyclic) bond motifs is 6. The zero-order chi connectivity index (χ0) is 85.2. The third-order valence-corrected chi connectivity index (χ3v) is 20.6. The summed E-state index contributed by atoms with van der Waals surface area (Å²) in [4.78, 5) is 35.7. The van der Waals surface area contributed by atoms with Crippen LogP contribution in [-0.2, 0) is 0 Å². The maximum absolute atomic E-state index is 5.36. The molecule has 1 aliphatic rings. The lowest BCUT2D eigenvalue weighted by Gasteiger charge is -2.31. The molecule has 0 amide bonds. The Hall–Kier alpha value is -13.5. The summed E-state index contributed by atoms with van der Waals surface area (Å²) < 4.78 is 4.54. The Bertz CT molecular complexity index is 5740. The molecular weight excluding hydrogens is 1900 g/mol. The van der Waals surface area contributed by atoms with Gasteiger partial charge in [-0.1, -0.05) is 269 Å². The maximum Gasteiger partial charge on any atom is 0.239 e. The van der Waals surface area contributed by atoms with Gasteiger partial charge in [0.25, 0.3) is 0 Å². The molecular formula is C104H89Br3Cl2IN15. The van der Waals surface area contributed by atoms with E-state index in [-0.39, 0.29) is 25.4 Å². The van der Waals surface area contributed by atoms with Gasteiger partial charge in [-0.05, 0) is 282 Å². The lowest BCUT2D eigenvalue weighted by atomic mass is 10.1. The summed E-state index contributed by atoms with van der Waals surface area (Å²) >= 11 is 23.3. The van der Waals surface area contributed by atoms with E-state index < -0.39 is 0 Å². The summed E-state index contributed by atoms with van der Waals surface area (Å²) in [6.07, 6.45) is 2.83. The molecule has 2 aromatic heterocycles. The van der Waals surface area contributed by atoms with Gasteiger partial charge in [0.1, 0.15) is 12.7 Å². The van der Waals surface area contributed by atoms with Gasteiger partial charge >= 0.3 is 0 Å². The Labute approximate surface area is 781 Å². The summed E-state index contributed by atoms with van der Waals surface area (Å²) in [6, 6.07) is 150. The van der Waals surface area contributed by atoms with Crippen molar-refractivity contribution in [2.45, 2.75) is 14.9 Å².